The van der Waals surface area contributed by atoms with Gasteiger partial charge in [0.05, 0.1) is 30.6 Å². The second kappa shape index (κ2) is 9.02. The molecule has 0 unspecified atom stereocenters. The van der Waals surface area contributed by atoms with Crippen molar-refractivity contribution >= 4 is 35.1 Å². The van der Waals surface area contributed by atoms with E-state index in [1.54, 1.807) is 60.5 Å². The first-order valence-electron chi connectivity index (χ1n) is 11.7. The van der Waals surface area contributed by atoms with E-state index in [1.165, 1.54) is 4.90 Å². The summed E-state index contributed by atoms with van der Waals surface area (Å²) in [5.41, 5.74) is 1.16. The van der Waals surface area contributed by atoms with Crippen molar-refractivity contribution in [2.75, 3.05) is 23.5 Å². The normalized spacial score (nSPS) is 25.7. The van der Waals surface area contributed by atoms with Gasteiger partial charge in [0.15, 0.2) is 0 Å². The van der Waals surface area contributed by atoms with Gasteiger partial charge in [-0.2, -0.15) is 0 Å². The molecule has 4 atom stereocenters. The third-order valence-electron chi connectivity index (χ3n) is 7.03. The third-order valence-corrected chi connectivity index (χ3v) is 7.03. The van der Waals surface area contributed by atoms with Crippen LogP contribution in [0, 0.1) is 23.7 Å². The summed E-state index contributed by atoms with van der Waals surface area (Å²) in [4.78, 5) is 53.9. The molecule has 0 N–H and O–H groups in total. The molecule has 1 aliphatic carbocycles. The Hall–Kier alpha value is -3.94. The van der Waals surface area contributed by atoms with Crippen molar-refractivity contribution < 1.29 is 28.7 Å². The lowest BCUT2D eigenvalue weighted by molar-refractivity contribution is -0.139. The minimum absolute atomic E-state index is 0.0158. The highest BCUT2D eigenvalue weighted by atomic mass is 16.5. The van der Waals surface area contributed by atoms with E-state index in [0.717, 1.165) is 0 Å². The number of allylic oxidation sites excluding steroid dienone is 2. The molecule has 2 fully saturated rings. The number of hydrogen-bond donors (Lipinski definition) is 0. The number of ether oxygens (including phenoxy) is 2. The summed E-state index contributed by atoms with van der Waals surface area (Å²) in [6.45, 7) is 2.18. The monoisotopic (exact) mass is 474 g/mol. The van der Waals surface area contributed by atoms with Crippen LogP contribution in [-0.4, -0.2) is 37.3 Å². The van der Waals surface area contributed by atoms with Gasteiger partial charge in [0.2, 0.25) is 17.7 Å². The van der Waals surface area contributed by atoms with Crippen molar-refractivity contribution in [2.45, 2.75) is 19.8 Å². The van der Waals surface area contributed by atoms with Crippen LogP contribution >= 0.6 is 0 Å². The Morgan fingerprint density at radius 3 is 2.23 bits per heavy atom. The van der Waals surface area contributed by atoms with Crippen LogP contribution in [0.5, 0.6) is 11.5 Å². The molecule has 2 saturated heterocycles. The fourth-order valence-corrected chi connectivity index (χ4v) is 5.14. The smallest absolute Gasteiger partial charge is 0.316 e. The zero-order valence-corrected chi connectivity index (χ0v) is 19.5. The standard InChI is InChI=1S/C27H26N2O6/c1-16-4-3-5-22-24(16)26(32)29(25(22)31)19-8-12-21(13-9-19)35-27(33)17-14-23(30)28(15-17)18-6-10-20(34-2)11-7-18/h3-4,6-13,16-17,22,24H,5,14-15H2,1-2H3/t16-,17-,22+,24-/m1/s1. The number of imide groups is 1. The van der Waals surface area contributed by atoms with Crippen molar-refractivity contribution in [3.63, 3.8) is 0 Å². The summed E-state index contributed by atoms with van der Waals surface area (Å²) in [5.74, 6) is -1.29. The van der Waals surface area contributed by atoms with E-state index in [1.807, 2.05) is 19.1 Å². The lowest BCUT2D eigenvalue weighted by Crippen LogP contribution is -2.31. The lowest BCUT2D eigenvalue weighted by Gasteiger charge is -2.22. The van der Waals surface area contributed by atoms with Crippen LogP contribution in [0.2, 0.25) is 0 Å². The molecule has 3 amide bonds. The molecule has 35 heavy (non-hydrogen) atoms. The number of esters is 1. The van der Waals surface area contributed by atoms with E-state index in [9.17, 15) is 19.2 Å². The summed E-state index contributed by atoms with van der Waals surface area (Å²) >= 11 is 0. The van der Waals surface area contributed by atoms with Crippen LogP contribution in [0.4, 0.5) is 11.4 Å². The average Bonchev–Trinajstić information content (AvgIpc) is 3.38. The Bertz CT molecular complexity index is 1200. The molecule has 0 radical (unpaired) electrons. The molecule has 2 heterocycles. The van der Waals surface area contributed by atoms with Crippen LogP contribution in [0.15, 0.2) is 60.7 Å². The number of benzene rings is 2. The molecule has 180 valence electrons. The Morgan fingerprint density at radius 2 is 1.57 bits per heavy atom. The Morgan fingerprint density at radius 1 is 0.914 bits per heavy atom. The molecule has 5 rings (SSSR count). The predicted molar refractivity (Wildman–Crippen MR) is 128 cm³/mol. The highest BCUT2D eigenvalue weighted by Crippen LogP contribution is 2.40. The average molecular weight is 475 g/mol. The second-order valence-electron chi connectivity index (χ2n) is 9.19. The highest BCUT2D eigenvalue weighted by molar-refractivity contribution is 6.22. The number of methoxy groups -OCH3 is 1. The summed E-state index contributed by atoms with van der Waals surface area (Å²) in [6.07, 6.45) is 4.59. The maximum Gasteiger partial charge on any atom is 0.316 e. The summed E-state index contributed by atoms with van der Waals surface area (Å²) in [6, 6.07) is 13.4. The number of carbonyl (C=O) groups is 4. The molecular weight excluding hydrogens is 448 g/mol. The number of anilines is 2. The topological polar surface area (TPSA) is 93.2 Å². The van der Waals surface area contributed by atoms with Crippen LogP contribution in [0.3, 0.4) is 0 Å². The maximum atomic E-state index is 13.0. The Balaban J connectivity index is 1.24. The molecule has 2 aromatic carbocycles. The summed E-state index contributed by atoms with van der Waals surface area (Å²) in [5, 5.41) is 0. The fourth-order valence-electron chi connectivity index (χ4n) is 5.14. The molecule has 0 spiro atoms. The number of rotatable bonds is 5. The van der Waals surface area contributed by atoms with Crippen molar-refractivity contribution in [3.05, 3.63) is 60.7 Å². The predicted octanol–water partition coefficient (Wildman–Crippen LogP) is 3.36. The number of carbonyl (C=O) groups excluding carboxylic acids is 4. The molecular formula is C27H26N2O6. The van der Waals surface area contributed by atoms with Gasteiger partial charge in [-0.25, -0.2) is 0 Å². The molecule has 0 bridgehead atoms. The van der Waals surface area contributed by atoms with Crippen molar-refractivity contribution in [3.8, 4) is 11.5 Å². The van der Waals surface area contributed by atoms with Gasteiger partial charge in [0.25, 0.3) is 0 Å². The summed E-state index contributed by atoms with van der Waals surface area (Å²) in [7, 11) is 1.57. The van der Waals surface area contributed by atoms with Gasteiger partial charge in [-0.05, 0) is 60.9 Å². The first kappa shape index (κ1) is 22.8. The van der Waals surface area contributed by atoms with Crippen molar-refractivity contribution in [2.24, 2.45) is 23.7 Å². The number of nitrogens with zero attached hydrogens (tertiary/aromatic N) is 2. The number of fused-ring (bicyclic) bond motifs is 1. The van der Waals surface area contributed by atoms with Crippen LogP contribution < -0.4 is 19.3 Å². The van der Waals surface area contributed by atoms with Gasteiger partial charge < -0.3 is 14.4 Å². The van der Waals surface area contributed by atoms with E-state index in [-0.39, 0.29) is 48.4 Å². The van der Waals surface area contributed by atoms with Gasteiger partial charge in [-0.15, -0.1) is 0 Å². The second-order valence-corrected chi connectivity index (χ2v) is 9.19. The zero-order chi connectivity index (χ0) is 24.7. The summed E-state index contributed by atoms with van der Waals surface area (Å²) < 4.78 is 10.7. The molecule has 2 aliphatic heterocycles. The fraction of sp³-hybridized carbons (Fsp3) is 0.333. The van der Waals surface area contributed by atoms with Crippen LogP contribution in [-0.2, 0) is 19.2 Å². The van der Waals surface area contributed by atoms with Gasteiger partial charge in [0, 0.05) is 18.7 Å². The molecule has 0 saturated carbocycles. The molecule has 8 nitrogen and oxygen atoms in total. The van der Waals surface area contributed by atoms with Gasteiger partial charge in [-0.3, -0.25) is 24.1 Å². The third kappa shape index (κ3) is 4.09. The molecule has 8 heteroatoms. The van der Waals surface area contributed by atoms with E-state index in [4.69, 9.17) is 9.47 Å². The quantitative estimate of drug-likeness (QED) is 0.286. The highest BCUT2D eigenvalue weighted by Gasteiger charge is 2.50. The first-order valence-corrected chi connectivity index (χ1v) is 11.7. The Kier molecular flexibility index (Phi) is 5.88. The largest absolute Gasteiger partial charge is 0.497 e. The van der Waals surface area contributed by atoms with E-state index >= 15 is 0 Å². The SMILES string of the molecule is COc1ccc(N2C[C@H](C(=O)Oc3ccc(N4C(=O)[C@@H]5[C@H](C)C=CC[C@@H]5C4=O)cc3)CC2=O)cc1. The van der Waals surface area contributed by atoms with Crippen molar-refractivity contribution in [1.82, 2.24) is 0 Å². The molecule has 2 aromatic rings. The van der Waals surface area contributed by atoms with Gasteiger partial charge in [0.1, 0.15) is 11.5 Å². The minimum Gasteiger partial charge on any atom is -0.497 e. The minimum atomic E-state index is -0.594. The van der Waals surface area contributed by atoms with Gasteiger partial charge >= 0.3 is 5.97 Å². The van der Waals surface area contributed by atoms with Gasteiger partial charge in [-0.1, -0.05) is 19.1 Å². The van der Waals surface area contributed by atoms with E-state index < -0.39 is 11.9 Å². The zero-order valence-electron chi connectivity index (χ0n) is 19.5. The first-order chi connectivity index (χ1) is 16.9. The maximum absolute atomic E-state index is 13.0. The Labute approximate surface area is 203 Å². The van der Waals surface area contributed by atoms with Crippen LogP contribution in [0.25, 0.3) is 0 Å². The van der Waals surface area contributed by atoms with E-state index in [2.05, 4.69) is 0 Å². The van der Waals surface area contributed by atoms with Crippen LogP contribution in [0.1, 0.15) is 19.8 Å². The lowest BCUT2D eigenvalue weighted by atomic mass is 9.78. The number of hydrogen-bond acceptors (Lipinski definition) is 6. The number of amides is 3. The van der Waals surface area contributed by atoms with Crippen molar-refractivity contribution in [1.29, 1.82) is 0 Å². The van der Waals surface area contributed by atoms with E-state index in [0.29, 0.717) is 29.3 Å². The molecule has 3 aliphatic rings. The molecule has 0 aromatic heterocycles.